The highest BCUT2D eigenvalue weighted by Gasteiger charge is 2.34. The minimum Gasteiger partial charge on any atom is -0.479 e. The van der Waals surface area contributed by atoms with Gasteiger partial charge in [-0.15, -0.1) is 0 Å². The molecule has 20 heavy (non-hydrogen) atoms. The molecule has 5 nitrogen and oxygen atoms in total. The molecule has 2 N–H and O–H groups in total. The molecule has 1 saturated heterocycles. The van der Waals surface area contributed by atoms with Crippen LogP contribution in [0.25, 0.3) is 0 Å². The third kappa shape index (κ3) is 3.55. The number of hydrogen-bond donors (Lipinski definition) is 2. The molecule has 0 aromatic heterocycles. The summed E-state index contributed by atoms with van der Waals surface area (Å²) in [4.78, 5) is 22.5. The summed E-state index contributed by atoms with van der Waals surface area (Å²) in [5.41, 5.74) is 0.348. The SMILES string of the molecule is O=C(O)C1CCC(C(=O)NCc2cc(Br)ccc2F)O1. The van der Waals surface area contributed by atoms with Gasteiger partial charge in [-0.1, -0.05) is 15.9 Å². The molecule has 0 spiro atoms. The molecule has 7 heteroatoms. The fraction of sp³-hybridized carbons (Fsp3) is 0.385. The molecule has 0 aliphatic carbocycles. The van der Waals surface area contributed by atoms with Crippen LogP contribution >= 0.6 is 15.9 Å². The number of aliphatic carboxylic acids is 1. The molecule has 0 radical (unpaired) electrons. The Labute approximate surface area is 123 Å². The number of rotatable bonds is 4. The van der Waals surface area contributed by atoms with Gasteiger partial charge in [0, 0.05) is 16.6 Å². The van der Waals surface area contributed by atoms with Crippen molar-refractivity contribution in [2.75, 3.05) is 0 Å². The minimum atomic E-state index is -1.07. The van der Waals surface area contributed by atoms with Gasteiger partial charge in [-0.3, -0.25) is 4.79 Å². The summed E-state index contributed by atoms with van der Waals surface area (Å²) >= 11 is 3.22. The predicted molar refractivity (Wildman–Crippen MR) is 71.5 cm³/mol. The maximum Gasteiger partial charge on any atom is 0.332 e. The van der Waals surface area contributed by atoms with E-state index in [4.69, 9.17) is 9.84 Å². The number of nitrogens with one attached hydrogen (secondary N) is 1. The second-order valence-corrected chi connectivity index (χ2v) is 5.40. The van der Waals surface area contributed by atoms with Crippen LogP contribution in [0.4, 0.5) is 4.39 Å². The number of halogens is 2. The van der Waals surface area contributed by atoms with Crippen molar-refractivity contribution in [3.8, 4) is 0 Å². The van der Waals surface area contributed by atoms with Crippen LogP contribution in [0.3, 0.4) is 0 Å². The van der Waals surface area contributed by atoms with Gasteiger partial charge in [0.2, 0.25) is 5.91 Å². The van der Waals surface area contributed by atoms with Crippen molar-refractivity contribution >= 4 is 27.8 Å². The van der Waals surface area contributed by atoms with Gasteiger partial charge in [0.25, 0.3) is 0 Å². The fourth-order valence-corrected chi connectivity index (χ4v) is 2.40. The molecule has 2 rings (SSSR count). The second-order valence-electron chi connectivity index (χ2n) is 4.48. The summed E-state index contributed by atoms with van der Waals surface area (Å²) in [5.74, 6) is -1.91. The number of carbonyl (C=O) groups excluding carboxylic acids is 1. The lowest BCUT2D eigenvalue weighted by atomic mass is 10.1. The molecule has 0 saturated carbocycles. The number of carbonyl (C=O) groups is 2. The van der Waals surface area contributed by atoms with Gasteiger partial charge in [-0.25, -0.2) is 9.18 Å². The van der Waals surface area contributed by atoms with Crippen molar-refractivity contribution in [2.45, 2.75) is 31.6 Å². The second kappa shape index (κ2) is 6.32. The quantitative estimate of drug-likeness (QED) is 0.872. The van der Waals surface area contributed by atoms with E-state index >= 15 is 0 Å². The van der Waals surface area contributed by atoms with Crippen LogP contribution in [-0.2, 0) is 20.9 Å². The summed E-state index contributed by atoms with van der Waals surface area (Å²) in [5, 5.41) is 11.3. The molecular formula is C13H13BrFNO4. The van der Waals surface area contributed by atoms with E-state index in [2.05, 4.69) is 21.2 Å². The molecule has 108 valence electrons. The lowest BCUT2D eigenvalue weighted by Crippen LogP contribution is -2.35. The van der Waals surface area contributed by atoms with E-state index < -0.39 is 29.9 Å². The molecule has 1 heterocycles. The summed E-state index contributed by atoms with van der Waals surface area (Å²) in [6.45, 7) is 0.0295. The van der Waals surface area contributed by atoms with Gasteiger partial charge in [-0.2, -0.15) is 0 Å². The van der Waals surface area contributed by atoms with Crippen molar-refractivity contribution in [3.05, 3.63) is 34.1 Å². The highest BCUT2D eigenvalue weighted by atomic mass is 79.9. The standard InChI is InChI=1S/C13H13BrFNO4/c14-8-1-2-9(15)7(5-8)6-16-12(17)10-3-4-11(20-10)13(18)19/h1-2,5,10-11H,3-4,6H2,(H,16,17)(H,18,19). The van der Waals surface area contributed by atoms with Gasteiger partial charge in [-0.05, 0) is 31.0 Å². The topological polar surface area (TPSA) is 75.6 Å². The van der Waals surface area contributed by atoms with Crippen LogP contribution in [0, 0.1) is 5.82 Å². The van der Waals surface area contributed by atoms with Crippen LogP contribution in [0.2, 0.25) is 0 Å². The Bertz CT molecular complexity index is 537. The van der Waals surface area contributed by atoms with E-state index in [9.17, 15) is 14.0 Å². The largest absolute Gasteiger partial charge is 0.479 e. The van der Waals surface area contributed by atoms with Gasteiger partial charge in [0.1, 0.15) is 11.9 Å². The first-order valence-electron chi connectivity index (χ1n) is 6.07. The van der Waals surface area contributed by atoms with E-state index in [0.717, 1.165) is 0 Å². The third-order valence-corrected chi connectivity index (χ3v) is 3.54. The molecule has 1 fully saturated rings. The number of carboxylic acid groups (broad SMARTS) is 1. The number of ether oxygens (including phenoxy) is 1. The van der Waals surface area contributed by atoms with E-state index in [1.165, 1.54) is 6.07 Å². The van der Waals surface area contributed by atoms with Gasteiger partial charge in [0.05, 0.1) is 0 Å². The van der Waals surface area contributed by atoms with Gasteiger partial charge >= 0.3 is 5.97 Å². The van der Waals surface area contributed by atoms with Crippen molar-refractivity contribution < 1.29 is 23.8 Å². The zero-order chi connectivity index (χ0) is 14.7. The molecule has 2 unspecified atom stereocenters. The Hall–Kier alpha value is -1.47. The Morgan fingerprint density at radius 3 is 2.75 bits per heavy atom. The Kier molecular flexibility index (Phi) is 4.72. The molecule has 1 aromatic rings. The van der Waals surface area contributed by atoms with E-state index in [1.54, 1.807) is 12.1 Å². The van der Waals surface area contributed by atoms with E-state index in [0.29, 0.717) is 22.9 Å². The van der Waals surface area contributed by atoms with Gasteiger partial charge < -0.3 is 15.2 Å². The maximum absolute atomic E-state index is 13.5. The Balaban J connectivity index is 1.90. The zero-order valence-electron chi connectivity index (χ0n) is 10.4. The monoisotopic (exact) mass is 345 g/mol. The average molecular weight is 346 g/mol. The number of amides is 1. The first-order valence-corrected chi connectivity index (χ1v) is 6.86. The van der Waals surface area contributed by atoms with E-state index in [-0.39, 0.29) is 6.54 Å². The number of carboxylic acids is 1. The van der Waals surface area contributed by atoms with E-state index in [1.807, 2.05) is 0 Å². The summed E-state index contributed by atoms with van der Waals surface area (Å²) in [6.07, 6.45) is -1.07. The zero-order valence-corrected chi connectivity index (χ0v) is 12.0. The van der Waals surface area contributed by atoms with Crippen LogP contribution in [-0.4, -0.2) is 29.2 Å². The normalized spacial score (nSPS) is 21.7. The molecule has 1 aromatic carbocycles. The van der Waals surface area contributed by atoms with Crippen LogP contribution < -0.4 is 5.32 Å². The summed E-state index contributed by atoms with van der Waals surface area (Å²) in [6, 6.07) is 4.45. The van der Waals surface area contributed by atoms with Crippen molar-refractivity contribution in [1.29, 1.82) is 0 Å². The fourth-order valence-electron chi connectivity index (χ4n) is 1.99. The maximum atomic E-state index is 13.5. The molecule has 0 bridgehead atoms. The molecular weight excluding hydrogens is 333 g/mol. The lowest BCUT2D eigenvalue weighted by molar-refractivity contribution is -0.151. The number of benzene rings is 1. The minimum absolute atomic E-state index is 0.0295. The van der Waals surface area contributed by atoms with Crippen LogP contribution in [0.5, 0.6) is 0 Å². The summed E-state index contributed by atoms with van der Waals surface area (Å²) in [7, 11) is 0. The van der Waals surface area contributed by atoms with Gasteiger partial charge in [0.15, 0.2) is 6.10 Å². The highest BCUT2D eigenvalue weighted by Crippen LogP contribution is 2.20. The molecule has 2 atom stereocenters. The van der Waals surface area contributed by atoms with Crippen LogP contribution in [0.1, 0.15) is 18.4 Å². The highest BCUT2D eigenvalue weighted by molar-refractivity contribution is 9.10. The van der Waals surface area contributed by atoms with Crippen molar-refractivity contribution in [1.82, 2.24) is 5.32 Å². The third-order valence-electron chi connectivity index (χ3n) is 3.05. The van der Waals surface area contributed by atoms with Crippen LogP contribution in [0.15, 0.2) is 22.7 Å². The van der Waals surface area contributed by atoms with Crippen molar-refractivity contribution in [3.63, 3.8) is 0 Å². The number of hydrogen-bond acceptors (Lipinski definition) is 3. The Morgan fingerprint density at radius 1 is 1.40 bits per heavy atom. The lowest BCUT2D eigenvalue weighted by Gasteiger charge is -2.12. The first kappa shape index (κ1) is 14.9. The summed E-state index contributed by atoms with van der Waals surface area (Å²) < 4.78 is 19.3. The predicted octanol–water partition coefficient (Wildman–Crippen LogP) is 1.84. The van der Waals surface area contributed by atoms with Crippen molar-refractivity contribution in [2.24, 2.45) is 0 Å². The Morgan fingerprint density at radius 2 is 2.10 bits per heavy atom. The smallest absolute Gasteiger partial charge is 0.332 e. The molecule has 1 aliphatic heterocycles. The molecule has 1 aliphatic rings. The molecule has 1 amide bonds. The first-order chi connectivity index (χ1) is 9.47. The average Bonchev–Trinajstić information content (AvgIpc) is 2.89.